The van der Waals surface area contributed by atoms with Crippen LogP contribution in [0.1, 0.15) is 19.4 Å². The van der Waals surface area contributed by atoms with Crippen molar-refractivity contribution in [1.82, 2.24) is 5.32 Å². The fourth-order valence-corrected chi connectivity index (χ4v) is 1.63. The van der Waals surface area contributed by atoms with Crippen LogP contribution in [0.2, 0.25) is 0 Å². The predicted molar refractivity (Wildman–Crippen MR) is 60.8 cm³/mol. The lowest BCUT2D eigenvalue weighted by Crippen LogP contribution is -2.40. The number of hydrogen-bond acceptors (Lipinski definition) is 2. The molecule has 0 spiro atoms. The highest BCUT2D eigenvalue weighted by molar-refractivity contribution is 5.24. The Hall–Kier alpha value is -1.21. The monoisotopic (exact) mass is 282 g/mol. The maximum absolute atomic E-state index is 13.4. The van der Waals surface area contributed by atoms with Crippen LogP contribution in [0, 0.1) is 35.0 Å². The van der Waals surface area contributed by atoms with Crippen molar-refractivity contribution >= 4 is 0 Å². The van der Waals surface area contributed by atoms with E-state index < -0.39 is 41.2 Å². The molecule has 0 heterocycles. The van der Waals surface area contributed by atoms with E-state index in [1.165, 1.54) is 0 Å². The zero-order valence-electron chi connectivity index (χ0n) is 10.5. The zero-order chi connectivity index (χ0) is 14.7. The molecule has 1 aromatic carbocycles. The van der Waals surface area contributed by atoms with E-state index in [0.717, 1.165) is 0 Å². The van der Waals surface area contributed by atoms with Crippen LogP contribution in [-0.4, -0.2) is 12.6 Å². The maximum atomic E-state index is 13.4. The van der Waals surface area contributed by atoms with Gasteiger partial charge >= 0.3 is 0 Å². The molecule has 19 heavy (non-hydrogen) atoms. The Kier molecular flexibility index (Phi) is 5.25. The third kappa shape index (κ3) is 3.22. The van der Waals surface area contributed by atoms with Gasteiger partial charge in [-0.25, -0.2) is 22.0 Å². The average Bonchev–Trinajstić information content (AvgIpc) is 2.38. The Morgan fingerprint density at radius 1 is 0.895 bits per heavy atom. The fourth-order valence-electron chi connectivity index (χ4n) is 1.63. The number of halogens is 5. The Bertz CT molecular complexity index is 433. The molecule has 0 aliphatic heterocycles. The van der Waals surface area contributed by atoms with Crippen LogP contribution in [0.25, 0.3) is 0 Å². The van der Waals surface area contributed by atoms with Gasteiger partial charge in [0, 0.05) is 24.7 Å². The van der Waals surface area contributed by atoms with E-state index in [1.807, 2.05) is 13.8 Å². The number of hydrogen-bond donors (Lipinski definition) is 2. The lowest BCUT2D eigenvalue weighted by atomic mass is 10.0. The van der Waals surface area contributed by atoms with E-state index in [9.17, 15) is 22.0 Å². The standard InChI is InChI=1S/C12H15F5N2/c1-5(2)7(3-18)19-4-6-8(13)10(15)12(17)11(16)9(6)14/h5,7,19H,3-4,18H2,1-2H3. The van der Waals surface area contributed by atoms with Gasteiger partial charge in [-0.1, -0.05) is 13.8 Å². The molecule has 0 aromatic heterocycles. The molecule has 0 radical (unpaired) electrons. The average molecular weight is 282 g/mol. The molecular formula is C12H15F5N2. The molecule has 3 N–H and O–H groups in total. The van der Waals surface area contributed by atoms with Gasteiger partial charge in [0.15, 0.2) is 23.3 Å². The Morgan fingerprint density at radius 3 is 1.68 bits per heavy atom. The van der Waals surface area contributed by atoms with Gasteiger partial charge in [-0.2, -0.15) is 0 Å². The summed E-state index contributed by atoms with van der Waals surface area (Å²) in [5.41, 5.74) is 4.56. The topological polar surface area (TPSA) is 38.0 Å². The van der Waals surface area contributed by atoms with Gasteiger partial charge in [-0.15, -0.1) is 0 Å². The molecule has 0 saturated heterocycles. The lowest BCUT2D eigenvalue weighted by molar-refractivity contribution is 0.355. The highest BCUT2D eigenvalue weighted by Crippen LogP contribution is 2.23. The molecule has 1 rings (SSSR count). The summed E-state index contributed by atoms with van der Waals surface area (Å²) in [7, 11) is 0. The van der Waals surface area contributed by atoms with E-state index in [2.05, 4.69) is 5.32 Å². The summed E-state index contributed by atoms with van der Waals surface area (Å²) < 4.78 is 65.5. The van der Waals surface area contributed by atoms with Crippen molar-refractivity contribution in [3.63, 3.8) is 0 Å². The van der Waals surface area contributed by atoms with Gasteiger partial charge < -0.3 is 11.1 Å². The predicted octanol–water partition coefficient (Wildman–Crippen LogP) is 2.46. The van der Waals surface area contributed by atoms with Crippen molar-refractivity contribution in [3.05, 3.63) is 34.6 Å². The molecule has 0 amide bonds. The van der Waals surface area contributed by atoms with Crippen molar-refractivity contribution < 1.29 is 22.0 Å². The number of nitrogens with one attached hydrogen (secondary N) is 1. The first kappa shape index (κ1) is 15.8. The summed E-state index contributed by atoms with van der Waals surface area (Å²) in [6.45, 7) is 3.35. The smallest absolute Gasteiger partial charge is 0.200 e. The molecule has 1 atom stereocenters. The number of benzene rings is 1. The number of rotatable bonds is 5. The molecule has 7 heteroatoms. The molecule has 0 saturated carbocycles. The summed E-state index contributed by atoms with van der Waals surface area (Å²) in [4.78, 5) is 0. The van der Waals surface area contributed by atoms with Crippen molar-refractivity contribution in [2.45, 2.75) is 26.4 Å². The first-order valence-corrected chi connectivity index (χ1v) is 5.75. The zero-order valence-corrected chi connectivity index (χ0v) is 10.5. The third-order valence-corrected chi connectivity index (χ3v) is 2.90. The second-order valence-electron chi connectivity index (χ2n) is 4.52. The van der Waals surface area contributed by atoms with E-state index in [1.54, 1.807) is 0 Å². The van der Waals surface area contributed by atoms with E-state index in [-0.39, 0.29) is 18.5 Å². The molecule has 1 aromatic rings. The Balaban J connectivity index is 3.02. The van der Waals surface area contributed by atoms with E-state index in [0.29, 0.717) is 0 Å². The largest absolute Gasteiger partial charge is 0.329 e. The molecule has 2 nitrogen and oxygen atoms in total. The van der Waals surface area contributed by atoms with Crippen LogP contribution in [0.3, 0.4) is 0 Å². The Labute approximate surface area is 107 Å². The van der Waals surface area contributed by atoms with Crippen LogP contribution in [0.15, 0.2) is 0 Å². The van der Waals surface area contributed by atoms with Crippen LogP contribution in [0.4, 0.5) is 22.0 Å². The van der Waals surface area contributed by atoms with Gasteiger partial charge in [0.25, 0.3) is 0 Å². The normalized spacial score (nSPS) is 13.1. The van der Waals surface area contributed by atoms with Crippen LogP contribution >= 0.6 is 0 Å². The molecule has 0 aliphatic rings. The molecule has 0 aliphatic carbocycles. The highest BCUT2D eigenvalue weighted by Gasteiger charge is 2.25. The molecule has 0 bridgehead atoms. The third-order valence-electron chi connectivity index (χ3n) is 2.90. The highest BCUT2D eigenvalue weighted by atomic mass is 19.2. The minimum Gasteiger partial charge on any atom is -0.329 e. The summed E-state index contributed by atoms with van der Waals surface area (Å²) in [5.74, 6) is -9.61. The van der Waals surface area contributed by atoms with Gasteiger partial charge in [0.1, 0.15) is 0 Å². The van der Waals surface area contributed by atoms with Crippen LogP contribution in [0.5, 0.6) is 0 Å². The van der Waals surface area contributed by atoms with Gasteiger partial charge in [0.2, 0.25) is 5.82 Å². The SMILES string of the molecule is CC(C)C(CN)NCc1c(F)c(F)c(F)c(F)c1F. The molecule has 1 unspecified atom stereocenters. The summed E-state index contributed by atoms with van der Waals surface area (Å²) in [6, 6.07) is -0.282. The van der Waals surface area contributed by atoms with Crippen molar-refractivity contribution in [3.8, 4) is 0 Å². The Morgan fingerprint density at radius 2 is 1.32 bits per heavy atom. The van der Waals surface area contributed by atoms with E-state index in [4.69, 9.17) is 5.73 Å². The van der Waals surface area contributed by atoms with Crippen molar-refractivity contribution in [2.24, 2.45) is 11.7 Å². The van der Waals surface area contributed by atoms with Crippen LogP contribution < -0.4 is 11.1 Å². The first-order chi connectivity index (χ1) is 8.81. The number of nitrogens with two attached hydrogens (primary N) is 1. The van der Waals surface area contributed by atoms with Gasteiger partial charge in [-0.3, -0.25) is 0 Å². The second kappa shape index (κ2) is 6.29. The summed E-state index contributed by atoms with van der Waals surface area (Å²) >= 11 is 0. The first-order valence-electron chi connectivity index (χ1n) is 5.75. The summed E-state index contributed by atoms with van der Waals surface area (Å²) in [5, 5.41) is 2.68. The van der Waals surface area contributed by atoms with E-state index >= 15 is 0 Å². The molecular weight excluding hydrogens is 267 g/mol. The quantitative estimate of drug-likeness (QED) is 0.494. The minimum absolute atomic E-state index is 0.0614. The van der Waals surface area contributed by atoms with Gasteiger partial charge in [-0.05, 0) is 5.92 Å². The second-order valence-corrected chi connectivity index (χ2v) is 4.52. The maximum Gasteiger partial charge on any atom is 0.200 e. The van der Waals surface area contributed by atoms with Gasteiger partial charge in [0.05, 0.1) is 0 Å². The van der Waals surface area contributed by atoms with Crippen molar-refractivity contribution in [1.29, 1.82) is 0 Å². The fraction of sp³-hybridized carbons (Fsp3) is 0.500. The van der Waals surface area contributed by atoms with Crippen molar-refractivity contribution in [2.75, 3.05) is 6.54 Å². The lowest BCUT2D eigenvalue weighted by Gasteiger charge is -2.21. The molecule has 0 fully saturated rings. The minimum atomic E-state index is -2.15. The summed E-state index contributed by atoms with van der Waals surface area (Å²) in [6.07, 6.45) is 0. The van der Waals surface area contributed by atoms with Crippen LogP contribution in [-0.2, 0) is 6.54 Å². The molecule has 108 valence electrons.